The summed E-state index contributed by atoms with van der Waals surface area (Å²) in [7, 11) is 2.55. The van der Waals surface area contributed by atoms with Crippen LogP contribution in [-0.4, -0.2) is 40.5 Å². The van der Waals surface area contributed by atoms with Crippen molar-refractivity contribution in [3.8, 4) is 0 Å². The molecule has 0 radical (unpaired) electrons. The minimum atomic E-state index is -1.28. The summed E-state index contributed by atoms with van der Waals surface area (Å²) in [6.45, 7) is 5.65. The average molecular weight is 207 g/mol. The van der Waals surface area contributed by atoms with E-state index >= 15 is 0 Å². The molecule has 1 N–H and O–H groups in total. The first-order valence-electron chi connectivity index (χ1n) is 4.40. The van der Waals surface area contributed by atoms with E-state index in [0.29, 0.717) is 0 Å². The number of thioether (sulfide) groups is 1. The van der Waals surface area contributed by atoms with Crippen LogP contribution in [-0.2, 0) is 4.43 Å². The Kier molecular flexibility index (Phi) is 7.23. The van der Waals surface area contributed by atoms with Gasteiger partial charge in [0.1, 0.15) is 0 Å². The molecule has 0 heterocycles. The van der Waals surface area contributed by atoms with Crippen molar-refractivity contribution in [1.29, 1.82) is 0 Å². The van der Waals surface area contributed by atoms with Gasteiger partial charge in [-0.15, -0.1) is 0 Å². The van der Waals surface area contributed by atoms with Gasteiger partial charge in [-0.2, -0.15) is 11.8 Å². The van der Waals surface area contributed by atoms with E-state index in [1.165, 1.54) is 17.5 Å². The molecule has 0 unspecified atom stereocenters. The van der Waals surface area contributed by atoms with Crippen LogP contribution in [0.25, 0.3) is 0 Å². The number of nitrogens with one attached hydrogen (secondary N) is 1. The summed E-state index contributed by atoms with van der Waals surface area (Å²) in [6.07, 6.45) is 0. The van der Waals surface area contributed by atoms with E-state index in [-0.39, 0.29) is 0 Å². The predicted molar refractivity (Wildman–Crippen MR) is 60.5 cm³/mol. The van der Waals surface area contributed by atoms with Gasteiger partial charge in [-0.3, -0.25) is 0 Å². The van der Waals surface area contributed by atoms with E-state index in [9.17, 15) is 0 Å². The molecule has 0 aliphatic rings. The fourth-order valence-electron chi connectivity index (χ4n) is 0.696. The normalized spacial score (nSPS) is 12.0. The second-order valence-electron chi connectivity index (χ2n) is 3.43. The quantitative estimate of drug-likeness (QED) is 0.508. The Hall–Kier alpha value is 0.487. The molecule has 2 nitrogen and oxygen atoms in total. The smallest absolute Gasteiger partial charge is 0.187 e. The molecule has 0 spiro atoms. The SMILES string of the molecule is CNCCSCC[Si](C)(C)OC. The van der Waals surface area contributed by atoms with Crippen molar-refractivity contribution in [2.45, 2.75) is 19.1 Å². The molecule has 0 atom stereocenters. The summed E-state index contributed by atoms with van der Waals surface area (Å²) >= 11 is 2.01. The highest BCUT2D eigenvalue weighted by Crippen LogP contribution is 2.13. The molecular weight excluding hydrogens is 186 g/mol. The van der Waals surface area contributed by atoms with Crippen LogP contribution in [0.4, 0.5) is 0 Å². The summed E-state index contributed by atoms with van der Waals surface area (Å²) in [6, 6.07) is 1.26. The summed E-state index contributed by atoms with van der Waals surface area (Å²) < 4.78 is 5.45. The van der Waals surface area contributed by atoms with Crippen molar-refractivity contribution in [2.75, 3.05) is 32.2 Å². The van der Waals surface area contributed by atoms with Crippen LogP contribution in [0.2, 0.25) is 19.1 Å². The topological polar surface area (TPSA) is 21.3 Å². The van der Waals surface area contributed by atoms with Crippen LogP contribution >= 0.6 is 11.8 Å². The summed E-state index contributed by atoms with van der Waals surface area (Å²) in [5, 5.41) is 3.14. The number of rotatable bonds is 7. The first-order valence-corrected chi connectivity index (χ1v) is 8.67. The molecule has 0 aromatic rings. The lowest BCUT2D eigenvalue weighted by molar-refractivity contribution is 0.405. The van der Waals surface area contributed by atoms with Gasteiger partial charge in [-0.05, 0) is 31.9 Å². The van der Waals surface area contributed by atoms with Crippen molar-refractivity contribution in [3.05, 3.63) is 0 Å². The molecule has 0 amide bonds. The van der Waals surface area contributed by atoms with Crippen molar-refractivity contribution < 1.29 is 4.43 Å². The molecule has 0 aliphatic carbocycles. The maximum absolute atomic E-state index is 5.45. The van der Waals surface area contributed by atoms with Crippen LogP contribution in [0.5, 0.6) is 0 Å². The van der Waals surface area contributed by atoms with Crippen LogP contribution in [0.3, 0.4) is 0 Å². The lowest BCUT2D eigenvalue weighted by Crippen LogP contribution is -2.29. The first kappa shape index (κ1) is 12.5. The predicted octanol–water partition coefficient (Wildman–Crippen LogP) is 1.79. The zero-order chi connectivity index (χ0) is 9.45. The Morgan fingerprint density at radius 1 is 1.33 bits per heavy atom. The fraction of sp³-hybridized carbons (Fsp3) is 1.00. The van der Waals surface area contributed by atoms with Gasteiger partial charge in [-0.25, -0.2) is 0 Å². The van der Waals surface area contributed by atoms with Gasteiger partial charge in [-0.1, -0.05) is 0 Å². The minimum Gasteiger partial charge on any atom is -0.420 e. The molecular formula is C8H21NOSSi. The first-order chi connectivity index (χ1) is 5.62. The van der Waals surface area contributed by atoms with E-state index in [2.05, 4.69) is 18.4 Å². The van der Waals surface area contributed by atoms with Gasteiger partial charge in [0.25, 0.3) is 0 Å². The fourth-order valence-corrected chi connectivity index (χ4v) is 4.00. The number of hydrogen-bond donors (Lipinski definition) is 1. The second kappa shape index (κ2) is 6.94. The van der Waals surface area contributed by atoms with Gasteiger partial charge in [0.2, 0.25) is 0 Å². The monoisotopic (exact) mass is 207 g/mol. The maximum atomic E-state index is 5.45. The van der Waals surface area contributed by atoms with E-state index < -0.39 is 8.32 Å². The van der Waals surface area contributed by atoms with Crippen molar-refractivity contribution in [3.63, 3.8) is 0 Å². The highest BCUT2D eigenvalue weighted by atomic mass is 32.2. The third kappa shape index (κ3) is 7.15. The molecule has 74 valence electrons. The average Bonchev–Trinajstić information content (AvgIpc) is 2.04. The molecule has 0 aliphatic heterocycles. The Morgan fingerprint density at radius 3 is 2.50 bits per heavy atom. The Bertz CT molecular complexity index is 111. The minimum absolute atomic E-state index is 1.11. The van der Waals surface area contributed by atoms with Crippen LogP contribution < -0.4 is 5.32 Å². The van der Waals surface area contributed by atoms with Crippen molar-refractivity contribution >= 4 is 20.1 Å². The van der Waals surface area contributed by atoms with Crippen LogP contribution in [0, 0.1) is 0 Å². The molecule has 0 aromatic carbocycles. The zero-order valence-electron chi connectivity index (χ0n) is 8.64. The lowest BCUT2D eigenvalue weighted by atomic mass is 10.8. The van der Waals surface area contributed by atoms with Crippen molar-refractivity contribution in [2.24, 2.45) is 0 Å². The van der Waals surface area contributed by atoms with Gasteiger partial charge >= 0.3 is 0 Å². The molecule has 12 heavy (non-hydrogen) atoms. The molecule has 0 bridgehead atoms. The third-order valence-electron chi connectivity index (χ3n) is 1.90. The van der Waals surface area contributed by atoms with Gasteiger partial charge in [0.15, 0.2) is 8.32 Å². The summed E-state index contributed by atoms with van der Waals surface area (Å²) in [4.78, 5) is 0. The van der Waals surface area contributed by atoms with Crippen LogP contribution in [0.1, 0.15) is 0 Å². The van der Waals surface area contributed by atoms with Gasteiger partial charge in [0, 0.05) is 19.4 Å². The van der Waals surface area contributed by atoms with E-state index in [1.54, 1.807) is 0 Å². The zero-order valence-corrected chi connectivity index (χ0v) is 10.5. The molecule has 0 rings (SSSR count). The van der Waals surface area contributed by atoms with Gasteiger partial charge in [0.05, 0.1) is 0 Å². The molecule has 0 fully saturated rings. The highest BCUT2D eigenvalue weighted by Gasteiger charge is 2.19. The largest absolute Gasteiger partial charge is 0.420 e. The Morgan fingerprint density at radius 2 is 2.00 bits per heavy atom. The number of hydrogen-bond acceptors (Lipinski definition) is 3. The van der Waals surface area contributed by atoms with E-state index in [0.717, 1.165) is 6.54 Å². The summed E-state index contributed by atoms with van der Waals surface area (Å²) in [5.74, 6) is 2.46. The van der Waals surface area contributed by atoms with E-state index in [1.807, 2.05) is 25.9 Å². The van der Waals surface area contributed by atoms with Gasteiger partial charge < -0.3 is 9.74 Å². The molecule has 4 heteroatoms. The van der Waals surface area contributed by atoms with Crippen molar-refractivity contribution in [1.82, 2.24) is 5.32 Å². The summed E-state index contributed by atoms with van der Waals surface area (Å²) in [5.41, 5.74) is 0. The Labute approximate surface area is 81.6 Å². The standard InChI is InChI=1S/C8H21NOSSi/c1-9-5-6-11-7-8-12(3,4)10-2/h9H,5-8H2,1-4H3. The molecule has 0 saturated heterocycles. The Balaban J connectivity index is 3.19. The third-order valence-corrected chi connectivity index (χ3v) is 5.80. The molecule has 0 aromatic heterocycles. The maximum Gasteiger partial charge on any atom is 0.187 e. The molecule has 0 saturated carbocycles. The second-order valence-corrected chi connectivity index (χ2v) is 9.08. The highest BCUT2D eigenvalue weighted by molar-refractivity contribution is 7.99. The lowest BCUT2D eigenvalue weighted by Gasteiger charge is -2.19. The van der Waals surface area contributed by atoms with E-state index in [4.69, 9.17) is 4.43 Å². The van der Waals surface area contributed by atoms with Crippen LogP contribution in [0.15, 0.2) is 0 Å².